The average molecular weight is 676 g/mol. The van der Waals surface area contributed by atoms with Crippen molar-refractivity contribution in [2.24, 2.45) is 0 Å². The van der Waals surface area contributed by atoms with Gasteiger partial charge in [0.1, 0.15) is 11.2 Å². The van der Waals surface area contributed by atoms with Crippen molar-refractivity contribution < 1.29 is 4.42 Å². The van der Waals surface area contributed by atoms with Crippen molar-refractivity contribution >= 4 is 65.4 Å². The zero-order chi connectivity index (χ0) is 34.9. The molecule has 0 radical (unpaired) electrons. The maximum atomic E-state index is 6.99. The number of fused-ring (bicyclic) bond motifs is 9. The number of para-hydroxylation sites is 2. The summed E-state index contributed by atoms with van der Waals surface area (Å²) in [6.45, 7) is 0. The first-order valence-corrected chi connectivity index (χ1v) is 17.9. The fraction of sp³-hybridized carbons (Fsp3) is 0. The highest BCUT2D eigenvalue weighted by Gasteiger charge is 2.21. The lowest BCUT2D eigenvalue weighted by molar-refractivity contribution is 0.671. The van der Waals surface area contributed by atoms with Crippen molar-refractivity contribution in [2.45, 2.75) is 0 Å². The van der Waals surface area contributed by atoms with E-state index in [-0.39, 0.29) is 0 Å². The van der Waals surface area contributed by atoms with Crippen LogP contribution in [0.5, 0.6) is 0 Å². The van der Waals surface area contributed by atoms with Crippen LogP contribution in [0.4, 0.5) is 0 Å². The Kier molecular flexibility index (Phi) is 6.52. The van der Waals surface area contributed by atoms with Gasteiger partial charge >= 0.3 is 0 Å². The van der Waals surface area contributed by atoms with E-state index in [4.69, 9.17) is 19.4 Å². The third-order valence-electron chi connectivity index (χ3n) is 10.4. The van der Waals surface area contributed by atoms with Crippen LogP contribution in [0.1, 0.15) is 0 Å². The molecular formula is C49H29N3O. The van der Waals surface area contributed by atoms with Crippen LogP contribution in [0.3, 0.4) is 0 Å². The molecular weight excluding hydrogens is 647 g/mol. The Morgan fingerprint density at radius 2 is 0.906 bits per heavy atom. The van der Waals surface area contributed by atoms with Crippen LogP contribution >= 0.6 is 0 Å². The third-order valence-corrected chi connectivity index (χ3v) is 10.4. The lowest BCUT2D eigenvalue weighted by Crippen LogP contribution is -1.93. The molecule has 4 nitrogen and oxygen atoms in total. The number of furan rings is 1. The minimum Gasteiger partial charge on any atom is -0.455 e. The van der Waals surface area contributed by atoms with E-state index in [0.29, 0.717) is 0 Å². The normalized spacial score (nSPS) is 11.8. The summed E-state index contributed by atoms with van der Waals surface area (Å²) in [5.41, 5.74) is 12.2. The summed E-state index contributed by atoms with van der Waals surface area (Å²) in [7, 11) is 0. The molecule has 0 N–H and O–H groups in total. The van der Waals surface area contributed by atoms with Gasteiger partial charge < -0.3 is 4.42 Å². The maximum Gasteiger partial charge on any atom is 0.144 e. The zero-order valence-electron chi connectivity index (χ0n) is 28.5. The zero-order valence-corrected chi connectivity index (χ0v) is 28.5. The maximum absolute atomic E-state index is 6.99. The molecule has 0 atom stereocenters. The van der Waals surface area contributed by atoms with Crippen LogP contribution in [0.15, 0.2) is 180 Å². The minimum absolute atomic E-state index is 0.806. The number of rotatable bonds is 4. The Balaban J connectivity index is 1.21. The molecule has 0 spiro atoms. The van der Waals surface area contributed by atoms with Crippen molar-refractivity contribution in [2.75, 3.05) is 0 Å². The van der Waals surface area contributed by atoms with Gasteiger partial charge in [-0.3, -0.25) is 0 Å². The standard InChI is InChI=1S/C49H29N3O/c1-3-12-30(13-4-1)35-19-11-20-39-40-28-34(43-27-25-33-23-22-32-24-26-42(31-14-5-2-6-15-31)50-45(32)46(33)51-43)29-41(49(40)53-48(35)39)47-38-18-8-7-16-36(38)37-17-9-10-21-44(37)52-47/h1-29H. The van der Waals surface area contributed by atoms with Crippen molar-refractivity contribution in [1.82, 2.24) is 15.0 Å². The average Bonchev–Trinajstić information content (AvgIpc) is 3.62. The number of aromatic nitrogens is 3. The van der Waals surface area contributed by atoms with Crippen LogP contribution in [-0.2, 0) is 0 Å². The number of hydrogen-bond donors (Lipinski definition) is 0. The minimum atomic E-state index is 0.806. The quantitative estimate of drug-likeness (QED) is 0.174. The molecule has 0 saturated heterocycles. The largest absolute Gasteiger partial charge is 0.455 e. The molecule has 0 bridgehead atoms. The van der Waals surface area contributed by atoms with E-state index < -0.39 is 0 Å². The van der Waals surface area contributed by atoms with Crippen molar-refractivity contribution in [1.29, 1.82) is 0 Å². The van der Waals surface area contributed by atoms with Gasteiger partial charge in [0.25, 0.3) is 0 Å². The summed E-state index contributed by atoms with van der Waals surface area (Å²) < 4.78 is 6.99. The van der Waals surface area contributed by atoms with Gasteiger partial charge in [-0.05, 0) is 41.3 Å². The number of benzene rings is 7. The van der Waals surface area contributed by atoms with Crippen LogP contribution in [0, 0.1) is 0 Å². The fourth-order valence-corrected chi connectivity index (χ4v) is 7.88. The number of pyridine rings is 3. The number of nitrogens with zero attached hydrogens (tertiary/aromatic N) is 3. The Morgan fingerprint density at radius 1 is 0.340 bits per heavy atom. The second kappa shape index (κ2) is 11.7. The second-order valence-corrected chi connectivity index (χ2v) is 13.5. The first-order valence-electron chi connectivity index (χ1n) is 17.9. The van der Waals surface area contributed by atoms with E-state index in [2.05, 4.69) is 146 Å². The van der Waals surface area contributed by atoms with Gasteiger partial charge in [-0.25, -0.2) is 15.0 Å². The van der Waals surface area contributed by atoms with Crippen LogP contribution in [-0.4, -0.2) is 15.0 Å². The lowest BCUT2D eigenvalue weighted by Gasteiger charge is -2.12. The summed E-state index contributed by atoms with van der Waals surface area (Å²) in [5, 5.41) is 7.53. The molecule has 53 heavy (non-hydrogen) atoms. The van der Waals surface area contributed by atoms with Crippen LogP contribution in [0.2, 0.25) is 0 Å². The molecule has 4 aromatic heterocycles. The predicted molar refractivity (Wildman–Crippen MR) is 219 cm³/mol. The fourth-order valence-electron chi connectivity index (χ4n) is 7.88. The van der Waals surface area contributed by atoms with E-state index in [0.717, 1.165) is 110 Å². The van der Waals surface area contributed by atoms with Gasteiger partial charge in [-0.15, -0.1) is 0 Å². The van der Waals surface area contributed by atoms with Gasteiger partial charge in [0, 0.05) is 54.6 Å². The monoisotopic (exact) mass is 675 g/mol. The van der Waals surface area contributed by atoms with Gasteiger partial charge in [0.2, 0.25) is 0 Å². The van der Waals surface area contributed by atoms with E-state index in [1.807, 2.05) is 30.3 Å². The molecule has 0 amide bonds. The van der Waals surface area contributed by atoms with E-state index >= 15 is 0 Å². The van der Waals surface area contributed by atoms with Crippen molar-refractivity contribution in [3.63, 3.8) is 0 Å². The Bertz CT molecular complexity index is 3220. The molecule has 11 rings (SSSR count). The van der Waals surface area contributed by atoms with Gasteiger partial charge in [-0.1, -0.05) is 146 Å². The SMILES string of the molecule is c1ccc(-c2ccc3ccc4ccc(-c5cc(-c6nc7ccccc7c7ccccc67)c6oc7c(-c8ccccc8)cccc7c6c5)nc4c3n2)cc1. The lowest BCUT2D eigenvalue weighted by atomic mass is 9.95. The Labute approximate surface area is 304 Å². The molecule has 0 saturated carbocycles. The highest BCUT2D eigenvalue weighted by atomic mass is 16.3. The highest BCUT2D eigenvalue weighted by molar-refractivity contribution is 6.18. The molecule has 7 aromatic carbocycles. The topological polar surface area (TPSA) is 51.8 Å². The van der Waals surface area contributed by atoms with Gasteiger partial charge in [0.05, 0.1) is 33.6 Å². The van der Waals surface area contributed by atoms with E-state index in [1.165, 1.54) is 0 Å². The summed E-state index contributed by atoms with van der Waals surface area (Å²) in [6.07, 6.45) is 0. The van der Waals surface area contributed by atoms with Gasteiger partial charge in [0.15, 0.2) is 0 Å². The molecule has 0 fully saturated rings. The third kappa shape index (κ3) is 4.73. The van der Waals surface area contributed by atoms with Gasteiger partial charge in [-0.2, -0.15) is 0 Å². The summed E-state index contributed by atoms with van der Waals surface area (Å²) >= 11 is 0. The first-order chi connectivity index (χ1) is 26.3. The molecule has 0 aliphatic carbocycles. The Morgan fingerprint density at radius 3 is 1.64 bits per heavy atom. The molecule has 11 aromatic rings. The summed E-state index contributed by atoms with van der Waals surface area (Å²) in [6, 6.07) is 61.2. The molecule has 4 heteroatoms. The molecule has 4 heterocycles. The molecule has 0 aliphatic heterocycles. The van der Waals surface area contributed by atoms with Crippen molar-refractivity contribution in [3.8, 4) is 44.9 Å². The van der Waals surface area contributed by atoms with E-state index in [1.54, 1.807) is 0 Å². The predicted octanol–water partition coefficient (Wildman–Crippen LogP) is 13.1. The van der Waals surface area contributed by atoms with Crippen LogP contribution in [0.25, 0.3) is 110 Å². The highest BCUT2D eigenvalue weighted by Crippen LogP contribution is 2.44. The summed E-state index contributed by atoms with van der Waals surface area (Å²) in [5.74, 6) is 0. The van der Waals surface area contributed by atoms with E-state index in [9.17, 15) is 0 Å². The summed E-state index contributed by atoms with van der Waals surface area (Å²) in [4.78, 5) is 15.9. The molecule has 0 unspecified atom stereocenters. The van der Waals surface area contributed by atoms with Crippen LogP contribution < -0.4 is 0 Å². The Hall–Kier alpha value is -7.17. The van der Waals surface area contributed by atoms with Crippen molar-refractivity contribution in [3.05, 3.63) is 176 Å². The molecule has 0 aliphatic rings. The smallest absolute Gasteiger partial charge is 0.144 e. The molecule has 246 valence electrons. The second-order valence-electron chi connectivity index (χ2n) is 13.5. The first kappa shape index (κ1) is 29.5. The number of hydrogen-bond acceptors (Lipinski definition) is 4.